The van der Waals surface area contributed by atoms with Gasteiger partial charge >= 0.3 is 0 Å². The average Bonchev–Trinajstić information content (AvgIpc) is 2.48. The molecule has 0 aliphatic heterocycles. The molecule has 0 heterocycles. The summed E-state index contributed by atoms with van der Waals surface area (Å²) >= 11 is 0. The van der Waals surface area contributed by atoms with Crippen molar-refractivity contribution in [1.82, 2.24) is 0 Å². The van der Waals surface area contributed by atoms with Gasteiger partial charge in [-0.15, -0.1) is 0 Å². The van der Waals surface area contributed by atoms with Crippen molar-refractivity contribution in [2.75, 3.05) is 6.61 Å². The third-order valence-corrected chi connectivity index (χ3v) is 3.20. The first-order chi connectivity index (χ1) is 9.61. The SMILES string of the molecule is CCc1ccc(C(=O)COc2cccc(C)c2F)cc1. The molecule has 3 heteroatoms. The number of rotatable bonds is 5. The van der Waals surface area contributed by atoms with Crippen LogP contribution < -0.4 is 4.74 Å². The number of benzene rings is 2. The molecule has 0 radical (unpaired) electrons. The van der Waals surface area contributed by atoms with Gasteiger partial charge in [0.1, 0.15) is 0 Å². The molecule has 0 amide bonds. The van der Waals surface area contributed by atoms with Crippen LogP contribution in [0.15, 0.2) is 42.5 Å². The Labute approximate surface area is 118 Å². The van der Waals surface area contributed by atoms with E-state index < -0.39 is 5.82 Å². The van der Waals surface area contributed by atoms with Crippen LogP contribution in [0.2, 0.25) is 0 Å². The van der Waals surface area contributed by atoms with Gasteiger partial charge in [-0.25, -0.2) is 4.39 Å². The van der Waals surface area contributed by atoms with Crippen molar-refractivity contribution in [3.63, 3.8) is 0 Å². The van der Waals surface area contributed by atoms with Crippen molar-refractivity contribution in [2.24, 2.45) is 0 Å². The fourth-order valence-electron chi connectivity index (χ4n) is 1.88. The van der Waals surface area contributed by atoms with Gasteiger partial charge in [-0.05, 0) is 30.5 Å². The van der Waals surface area contributed by atoms with Crippen molar-refractivity contribution < 1.29 is 13.9 Å². The maximum Gasteiger partial charge on any atom is 0.200 e. The molecule has 0 N–H and O–H groups in total. The van der Waals surface area contributed by atoms with Gasteiger partial charge in [0, 0.05) is 5.56 Å². The van der Waals surface area contributed by atoms with Gasteiger partial charge < -0.3 is 4.74 Å². The molecule has 2 aromatic carbocycles. The molecule has 0 spiro atoms. The zero-order valence-electron chi connectivity index (χ0n) is 11.7. The molecule has 20 heavy (non-hydrogen) atoms. The Hall–Kier alpha value is -2.16. The Morgan fingerprint density at radius 2 is 1.85 bits per heavy atom. The molecule has 0 aliphatic carbocycles. The Balaban J connectivity index is 2.02. The van der Waals surface area contributed by atoms with Crippen LogP contribution in [0.3, 0.4) is 0 Å². The van der Waals surface area contributed by atoms with Gasteiger partial charge in [-0.3, -0.25) is 4.79 Å². The molecular weight excluding hydrogens is 255 g/mol. The highest BCUT2D eigenvalue weighted by Gasteiger charge is 2.10. The Bertz CT molecular complexity index is 603. The zero-order chi connectivity index (χ0) is 14.5. The highest BCUT2D eigenvalue weighted by Crippen LogP contribution is 2.19. The number of carbonyl (C=O) groups is 1. The predicted molar refractivity (Wildman–Crippen MR) is 76.8 cm³/mol. The lowest BCUT2D eigenvalue weighted by Gasteiger charge is -2.08. The van der Waals surface area contributed by atoms with Crippen LogP contribution in [0.5, 0.6) is 5.75 Å². The first-order valence-electron chi connectivity index (χ1n) is 6.62. The van der Waals surface area contributed by atoms with Crippen LogP contribution in [-0.2, 0) is 6.42 Å². The first kappa shape index (κ1) is 14.3. The second-order valence-corrected chi connectivity index (χ2v) is 4.65. The van der Waals surface area contributed by atoms with Crippen LogP contribution in [0.25, 0.3) is 0 Å². The highest BCUT2D eigenvalue weighted by molar-refractivity contribution is 5.97. The first-order valence-corrected chi connectivity index (χ1v) is 6.62. The Kier molecular flexibility index (Phi) is 4.51. The number of halogens is 1. The van der Waals surface area contributed by atoms with Gasteiger partial charge in [0.25, 0.3) is 0 Å². The molecular formula is C17H17FO2. The summed E-state index contributed by atoms with van der Waals surface area (Å²) in [5, 5.41) is 0. The molecule has 2 rings (SSSR count). The third kappa shape index (κ3) is 3.23. The van der Waals surface area contributed by atoms with E-state index in [2.05, 4.69) is 6.92 Å². The summed E-state index contributed by atoms with van der Waals surface area (Å²) in [6.07, 6.45) is 0.930. The molecule has 104 valence electrons. The van der Waals surface area contributed by atoms with E-state index in [1.807, 2.05) is 12.1 Å². The summed E-state index contributed by atoms with van der Waals surface area (Å²) in [5.41, 5.74) is 2.25. The second-order valence-electron chi connectivity index (χ2n) is 4.65. The van der Waals surface area contributed by atoms with Crippen LogP contribution in [0.4, 0.5) is 4.39 Å². The molecule has 0 bridgehead atoms. The van der Waals surface area contributed by atoms with E-state index in [0.29, 0.717) is 11.1 Å². The number of hydrogen-bond donors (Lipinski definition) is 0. The minimum Gasteiger partial charge on any atom is -0.482 e. The summed E-state index contributed by atoms with van der Waals surface area (Å²) < 4.78 is 19.0. The topological polar surface area (TPSA) is 26.3 Å². The summed E-state index contributed by atoms with van der Waals surface area (Å²) in [6.45, 7) is 3.56. The molecule has 0 aliphatic rings. The van der Waals surface area contributed by atoms with E-state index in [-0.39, 0.29) is 18.1 Å². The predicted octanol–water partition coefficient (Wildman–Crippen LogP) is 3.96. The molecule has 0 atom stereocenters. The van der Waals surface area contributed by atoms with Gasteiger partial charge in [0.2, 0.25) is 0 Å². The fourth-order valence-corrected chi connectivity index (χ4v) is 1.88. The lowest BCUT2D eigenvalue weighted by atomic mass is 10.1. The lowest BCUT2D eigenvalue weighted by Crippen LogP contribution is -2.12. The smallest absolute Gasteiger partial charge is 0.200 e. The van der Waals surface area contributed by atoms with Gasteiger partial charge in [-0.1, -0.05) is 43.3 Å². The maximum atomic E-state index is 13.7. The molecule has 0 saturated carbocycles. The van der Waals surface area contributed by atoms with Gasteiger partial charge in [-0.2, -0.15) is 0 Å². The highest BCUT2D eigenvalue weighted by atomic mass is 19.1. The lowest BCUT2D eigenvalue weighted by molar-refractivity contribution is 0.0918. The molecule has 2 aromatic rings. The Morgan fingerprint density at radius 3 is 2.50 bits per heavy atom. The normalized spacial score (nSPS) is 10.3. The van der Waals surface area contributed by atoms with Crippen molar-refractivity contribution >= 4 is 5.78 Å². The van der Waals surface area contributed by atoms with Crippen LogP contribution in [0, 0.1) is 12.7 Å². The summed E-state index contributed by atoms with van der Waals surface area (Å²) in [7, 11) is 0. The van der Waals surface area contributed by atoms with E-state index in [1.54, 1.807) is 31.2 Å². The summed E-state index contributed by atoms with van der Waals surface area (Å²) in [5.74, 6) is -0.460. The summed E-state index contributed by atoms with van der Waals surface area (Å²) in [4.78, 5) is 12.0. The van der Waals surface area contributed by atoms with Crippen molar-refractivity contribution in [1.29, 1.82) is 0 Å². The van der Waals surface area contributed by atoms with Crippen LogP contribution in [0.1, 0.15) is 28.4 Å². The fraction of sp³-hybridized carbons (Fsp3) is 0.235. The zero-order valence-corrected chi connectivity index (χ0v) is 11.7. The van der Waals surface area contributed by atoms with E-state index in [0.717, 1.165) is 6.42 Å². The number of Topliss-reactive ketones (excluding diaryl/α,β-unsaturated/α-hetero) is 1. The van der Waals surface area contributed by atoms with Crippen LogP contribution >= 0.6 is 0 Å². The van der Waals surface area contributed by atoms with E-state index >= 15 is 0 Å². The number of aryl methyl sites for hydroxylation is 2. The van der Waals surface area contributed by atoms with Gasteiger partial charge in [0.15, 0.2) is 24.0 Å². The number of ketones is 1. The number of carbonyl (C=O) groups excluding carboxylic acids is 1. The Morgan fingerprint density at radius 1 is 1.15 bits per heavy atom. The molecule has 0 fully saturated rings. The quantitative estimate of drug-likeness (QED) is 0.770. The summed E-state index contributed by atoms with van der Waals surface area (Å²) in [6, 6.07) is 12.3. The minimum absolute atomic E-state index is 0.114. The van der Waals surface area contributed by atoms with Crippen LogP contribution in [-0.4, -0.2) is 12.4 Å². The second kappa shape index (κ2) is 6.33. The van der Waals surface area contributed by atoms with Crippen molar-refractivity contribution in [3.05, 3.63) is 65.0 Å². The molecule has 0 aromatic heterocycles. The molecule has 0 unspecified atom stereocenters. The standard InChI is InChI=1S/C17H17FO2/c1-3-13-7-9-14(10-8-13)15(19)11-20-16-6-4-5-12(2)17(16)18/h4-10H,3,11H2,1-2H3. The van der Waals surface area contributed by atoms with Gasteiger partial charge in [0.05, 0.1) is 0 Å². The monoisotopic (exact) mass is 272 g/mol. The number of hydrogen-bond acceptors (Lipinski definition) is 2. The molecule has 0 saturated heterocycles. The van der Waals surface area contributed by atoms with E-state index in [9.17, 15) is 9.18 Å². The largest absolute Gasteiger partial charge is 0.482 e. The van der Waals surface area contributed by atoms with E-state index in [4.69, 9.17) is 4.74 Å². The van der Waals surface area contributed by atoms with Crippen molar-refractivity contribution in [2.45, 2.75) is 20.3 Å². The van der Waals surface area contributed by atoms with Crippen molar-refractivity contribution in [3.8, 4) is 5.75 Å². The molecule has 2 nitrogen and oxygen atoms in total. The average molecular weight is 272 g/mol. The maximum absolute atomic E-state index is 13.7. The minimum atomic E-state index is -0.415. The van der Waals surface area contributed by atoms with E-state index in [1.165, 1.54) is 11.6 Å². The number of ether oxygens (including phenoxy) is 1. The third-order valence-electron chi connectivity index (χ3n) is 3.20.